The van der Waals surface area contributed by atoms with E-state index < -0.39 is 12.5 Å². The number of carbonyl (C=O) groups is 1. The number of nitrogens with two attached hydrogens (primary N) is 1. The molecule has 0 aliphatic rings. The van der Waals surface area contributed by atoms with Crippen molar-refractivity contribution in [1.29, 1.82) is 0 Å². The lowest BCUT2D eigenvalue weighted by Crippen LogP contribution is -2.39. The van der Waals surface area contributed by atoms with E-state index in [0.717, 1.165) is 0 Å². The highest BCUT2D eigenvalue weighted by molar-refractivity contribution is 5.97. The number of amides is 1. The van der Waals surface area contributed by atoms with Crippen molar-refractivity contribution in [3.05, 3.63) is 29.8 Å². The summed E-state index contributed by atoms with van der Waals surface area (Å²) in [6, 6.07) is 5.67. The molecule has 1 aromatic rings. The van der Waals surface area contributed by atoms with E-state index in [0.29, 0.717) is 13.0 Å². The number of hydrogen-bond donors (Lipinski definition) is 2. The molecule has 0 aromatic heterocycles. The van der Waals surface area contributed by atoms with Gasteiger partial charge in [0, 0.05) is 12.6 Å². The molecule has 0 aliphatic heterocycles. The number of carbonyl (C=O) groups excluding carboxylic acids is 1. The van der Waals surface area contributed by atoms with E-state index in [1.807, 2.05) is 6.92 Å². The van der Waals surface area contributed by atoms with Gasteiger partial charge in [0.05, 0.1) is 5.56 Å². The van der Waals surface area contributed by atoms with Crippen molar-refractivity contribution in [2.75, 3.05) is 6.54 Å². The number of benzene rings is 1. The summed E-state index contributed by atoms with van der Waals surface area (Å²) in [5, 5.41) is 2.66. The fourth-order valence-electron chi connectivity index (χ4n) is 1.44. The summed E-state index contributed by atoms with van der Waals surface area (Å²) in [4.78, 5) is 11.9. The molecule has 6 heteroatoms. The zero-order chi connectivity index (χ0) is 13.5. The molecular weight excluding hydrogens is 242 g/mol. The Kier molecular flexibility index (Phi) is 5.51. The Morgan fingerprint density at radius 3 is 2.67 bits per heavy atom. The van der Waals surface area contributed by atoms with Crippen LogP contribution in [0.2, 0.25) is 0 Å². The zero-order valence-electron chi connectivity index (χ0n) is 10.0. The van der Waals surface area contributed by atoms with Gasteiger partial charge in [0.15, 0.2) is 0 Å². The van der Waals surface area contributed by atoms with E-state index in [1.165, 1.54) is 18.2 Å². The lowest BCUT2D eigenvalue weighted by Gasteiger charge is -2.16. The van der Waals surface area contributed by atoms with Crippen LogP contribution in [-0.4, -0.2) is 25.1 Å². The number of alkyl halides is 2. The number of hydrogen-bond acceptors (Lipinski definition) is 3. The van der Waals surface area contributed by atoms with Crippen LogP contribution in [0.25, 0.3) is 0 Å². The smallest absolute Gasteiger partial charge is 0.387 e. The van der Waals surface area contributed by atoms with E-state index in [-0.39, 0.29) is 17.4 Å². The van der Waals surface area contributed by atoms with Crippen molar-refractivity contribution in [2.45, 2.75) is 26.0 Å². The second-order valence-electron chi connectivity index (χ2n) is 3.69. The molecule has 18 heavy (non-hydrogen) atoms. The van der Waals surface area contributed by atoms with Gasteiger partial charge in [0.2, 0.25) is 0 Å². The maximum atomic E-state index is 12.2. The highest BCUT2D eigenvalue weighted by atomic mass is 19.3. The maximum absolute atomic E-state index is 12.2. The summed E-state index contributed by atoms with van der Waals surface area (Å²) in [6.07, 6.45) is 0.667. The molecule has 0 spiro atoms. The monoisotopic (exact) mass is 258 g/mol. The van der Waals surface area contributed by atoms with Gasteiger partial charge < -0.3 is 15.8 Å². The molecule has 1 amide bonds. The van der Waals surface area contributed by atoms with Gasteiger partial charge in [-0.1, -0.05) is 19.1 Å². The third kappa shape index (κ3) is 3.96. The standard InChI is InChI=1S/C12H16F2N2O2/c1-2-8(7-15)16-11(17)9-5-3-4-6-10(9)18-12(13)14/h3-6,8,12H,2,7,15H2,1H3,(H,16,17). The van der Waals surface area contributed by atoms with Gasteiger partial charge in [-0.15, -0.1) is 0 Å². The normalized spacial score (nSPS) is 12.3. The Morgan fingerprint density at radius 2 is 2.11 bits per heavy atom. The molecule has 1 rings (SSSR count). The van der Waals surface area contributed by atoms with Gasteiger partial charge in [-0.05, 0) is 18.6 Å². The summed E-state index contributed by atoms with van der Waals surface area (Å²) in [6.45, 7) is -0.796. The van der Waals surface area contributed by atoms with E-state index in [9.17, 15) is 13.6 Å². The molecule has 4 nitrogen and oxygen atoms in total. The molecule has 0 fully saturated rings. The molecule has 1 unspecified atom stereocenters. The Labute approximate surface area is 104 Å². The molecule has 1 atom stereocenters. The van der Waals surface area contributed by atoms with Gasteiger partial charge in [-0.25, -0.2) is 0 Å². The van der Waals surface area contributed by atoms with E-state index in [2.05, 4.69) is 10.1 Å². The van der Waals surface area contributed by atoms with Gasteiger partial charge in [0.25, 0.3) is 5.91 Å². The van der Waals surface area contributed by atoms with Crippen molar-refractivity contribution < 1.29 is 18.3 Å². The van der Waals surface area contributed by atoms with Crippen molar-refractivity contribution in [3.63, 3.8) is 0 Å². The first-order chi connectivity index (χ1) is 8.58. The van der Waals surface area contributed by atoms with Gasteiger partial charge >= 0.3 is 6.61 Å². The van der Waals surface area contributed by atoms with Gasteiger partial charge in [-0.2, -0.15) is 8.78 Å². The molecule has 1 aromatic carbocycles. The van der Waals surface area contributed by atoms with Crippen LogP contribution < -0.4 is 15.8 Å². The number of para-hydroxylation sites is 1. The third-order valence-corrected chi connectivity index (χ3v) is 2.46. The highest BCUT2D eigenvalue weighted by Gasteiger charge is 2.17. The largest absolute Gasteiger partial charge is 0.434 e. The topological polar surface area (TPSA) is 64.3 Å². The maximum Gasteiger partial charge on any atom is 0.387 e. The van der Waals surface area contributed by atoms with Crippen molar-refractivity contribution in [2.24, 2.45) is 5.73 Å². The minimum Gasteiger partial charge on any atom is -0.434 e. The molecule has 0 bridgehead atoms. The summed E-state index contributed by atoms with van der Waals surface area (Å²) in [5.74, 6) is -0.611. The summed E-state index contributed by atoms with van der Waals surface area (Å²) in [7, 11) is 0. The summed E-state index contributed by atoms with van der Waals surface area (Å²) < 4.78 is 28.7. The van der Waals surface area contributed by atoms with Gasteiger partial charge in [0.1, 0.15) is 5.75 Å². The molecule has 0 aliphatic carbocycles. The summed E-state index contributed by atoms with van der Waals surface area (Å²) >= 11 is 0. The van der Waals surface area contributed by atoms with Crippen molar-refractivity contribution in [1.82, 2.24) is 5.32 Å². The predicted octanol–water partition coefficient (Wildman–Crippen LogP) is 1.76. The molecule has 0 heterocycles. The minimum absolute atomic E-state index is 0.0738. The molecule has 0 saturated carbocycles. The Bertz CT molecular complexity index is 395. The Hall–Kier alpha value is -1.69. The molecule has 3 N–H and O–H groups in total. The zero-order valence-corrected chi connectivity index (χ0v) is 10.0. The van der Waals surface area contributed by atoms with Crippen LogP contribution in [0.5, 0.6) is 5.75 Å². The summed E-state index contributed by atoms with van der Waals surface area (Å²) in [5.41, 5.74) is 5.54. The molecule has 0 radical (unpaired) electrons. The lowest BCUT2D eigenvalue weighted by molar-refractivity contribution is -0.0501. The number of halogens is 2. The first-order valence-corrected chi connectivity index (χ1v) is 5.63. The van der Waals surface area contributed by atoms with Gasteiger partial charge in [-0.3, -0.25) is 4.79 Å². The van der Waals surface area contributed by atoms with Crippen LogP contribution in [0.15, 0.2) is 24.3 Å². The fourth-order valence-corrected chi connectivity index (χ4v) is 1.44. The van der Waals surface area contributed by atoms with Crippen molar-refractivity contribution in [3.8, 4) is 5.75 Å². The van der Waals surface area contributed by atoms with Crippen LogP contribution in [0.3, 0.4) is 0 Å². The number of nitrogens with one attached hydrogen (secondary N) is 1. The Balaban J connectivity index is 2.84. The molecular formula is C12H16F2N2O2. The lowest BCUT2D eigenvalue weighted by atomic mass is 10.1. The SMILES string of the molecule is CCC(CN)NC(=O)c1ccccc1OC(F)F. The van der Waals surface area contributed by atoms with E-state index in [4.69, 9.17) is 5.73 Å². The third-order valence-electron chi connectivity index (χ3n) is 2.46. The van der Waals surface area contributed by atoms with Crippen LogP contribution in [0, 0.1) is 0 Å². The van der Waals surface area contributed by atoms with Crippen molar-refractivity contribution >= 4 is 5.91 Å². The van der Waals surface area contributed by atoms with E-state index >= 15 is 0 Å². The fraction of sp³-hybridized carbons (Fsp3) is 0.417. The number of ether oxygens (including phenoxy) is 1. The highest BCUT2D eigenvalue weighted by Crippen LogP contribution is 2.20. The quantitative estimate of drug-likeness (QED) is 0.817. The van der Waals surface area contributed by atoms with Crippen LogP contribution >= 0.6 is 0 Å². The molecule has 100 valence electrons. The van der Waals surface area contributed by atoms with Crippen LogP contribution in [0.1, 0.15) is 23.7 Å². The second kappa shape index (κ2) is 6.90. The number of rotatable bonds is 6. The Morgan fingerprint density at radius 1 is 1.44 bits per heavy atom. The average molecular weight is 258 g/mol. The second-order valence-corrected chi connectivity index (χ2v) is 3.69. The van der Waals surface area contributed by atoms with E-state index in [1.54, 1.807) is 6.07 Å². The average Bonchev–Trinajstić information content (AvgIpc) is 2.35. The first-order valence-electron chi connectivity index (χ1n) is 5.63. The minimum atomic E-state index is -2.96. The molecule has 0 saturated heterocycles. The predicted molar refractivity (Wildman–Crippen MR) is 63.7 cm³/mol. The first kappa shape index (κ1) is 14.4. The van der Waals surface area contributed by atoms with Crippen LogP contribution in [-0.2, 0) is 0 Å². The van der Waals surface area contributed by atoms with Crippen LogP contribution in [0.4, 0.5) is 8.78 Å².